The fourth-order valence-electron chi connectivity index (χ4n) is 13.3. The fraction of sp³-hybridized carbons (Fsp3) is 0.132. The van der Waals surface area contributed by atoms with Crippen LogP contribution in [-0.4, -0.2) is 30.2 Å². The van der Waals surface area contributed by atoms with E-state index >= 15 is 0 Å². The Balaban J connectivity index is 0.000000297. The Kier molecular flexibility index (Phi) is 44.0. The van der Waals surface area contributed by atoms with Crippen molar-refractivity contribution >= 4 is 53.4 Å². The number of aryl methyl sites for hydroxylation is 6. The minimum Gasteiger partial charge on any atom is -1.00 e. The molecule has 28 heteroatoms. The van der Waals surface area contributed by atoms with Gasteiger partial charge in [0.2, 0.25) is 0 Å². The highest BCUT2D eigenvalue weighted by molar-refractivity contribution is 6.34. The van der Waals surface area contributed by atoms with Crippen LogP contribution in [0.4, 0.5) is 60.6 Å². The van der Waals surface area contributed by atoms with E-state index in [1.165, 1.54) is 79.9 Å². The summed E-state index contributed by atoms with van der Waals surface area (Å²) in [5.74, 6) is 5.87. The lowest BCUT2D eigenvalue weighted by Crippen LogP contribution is -3.00. The van der Waals surface area contributed by atoms with E-state index in [2.05, 4.69) is 276 Å². The molecule has 0 aliphatic rings. The van der Waals surface area contributed by atoms with Gasteiger partial charge in [-0.2, -0.15) is 0 Å². The molecule has 0 radical (unpaired) electrons. The molecule has 0 unspecified atom stereocenters. The summed E-state index contributed by atoms with van der Waals surface area (Å²) in [6.07, 6.45) is 0. The third kappa shape index (κ3) is 34.8. The topological polar surface area (TPSA) is 45.2 Å². The second-order valence-electron chi connectivity index (χ2n) is 32.0. The van der Waals surface area contributed by atoms with Crippen molar-refractivity contribution < 1.29 is 97.1 Å². The number of benzene rings is 12. The zero-order valence-corrected chi connectivity index (χ0v) is 76.3. The van der Waals surface area contributed by atoms with Gasteiger partial charge in [0.15, 0.2) is 0 Å². The van der Waals surface area contributed by atoms with E-state index < -0.39 is 30.2 Å². The van der Waals surface area contributed by atoms with E-state index in [0.29, 0.717) is 16.5 Å². The molecule has 0 bridgehead atoms. The quantitative estimate of drug-likeness (QED) is 0.0695. The lowest BCUT2D eigenvalue weighted by Gasteiger charge is -2.19. The molecule has 16 rings (SSSR count). The maximum absolute atomic E-state index is 13.3. The highest BCUT2D eigenvalue weighted by atomic mass is 35.5. The summed E-state index contributed by atoms with van der Waals surface area (Å²) in [6.45, 7) is 26.1. The summed E-state index contributed by atoms with van der Waals surface area (Å²) in [5.41, 5.74) is 27.0. The van der Waals surface area contributed by atoms with Crippen LogP contribution < -0.4 is 18.8 Å². The molecule has 134 heavy (non-hydrogen) atoms. The molecule has 0 atom stereocenters. The predicted octanol–water partition coefficient (Wildman–Crippen LogP) is 23.8. The summed E-state index contributed by atoms with van der Waals surface area (Å²) in [7, 11) is -14.7. The van der Waals surface area contributed by atoms with E-state index in [1.54, 1.807) is 24.3 Å². The Labute approximate surface area is 780 Å². The van der Waals surface area contributed by atoms with Crippen molar-refractivity contribution in [3.63, 3.8) is 0 Å². The second kappa shape index (κ2) is 52.9. The van der Waals surface area contributed by atoms with Crippen LogP contribution in [0.5, 0.6) is 0 Å². The Bertz CT molecular complexity index is 5530. The normalized spacial score (nSPS) is 10.3. The third-order valence-corrected chi connectivity index (χ3v) is 20.7. The summed E-state index contributed by atoms with van der Waals surface area (Å²) >= 11 is 12.1. The first-order valence-corrected chi connectivity index (χ1v) is 41.8. The maximum Gasteiger partial charge on any atom is 0.762 e. The van der Waals surface area contributed by atoms with Crippen molar-refractivity contribution in [3.8, 4) is 135 Å². The van der Waals surface area contributed by atoms with Gasteiger partial charge in [0.1, 0.15) is 11.6 Å². The van der Waals surface area contributed by atoms with Crippen molar-refractivity contribution in [2.75, 3.05) is 0 Å². The monoisotopic (exact) mass is 1880 g/mol. The molecule has 4 aromatic heterocycles. The maximum atomic E-state index is 13.3. The van der Waals surface area contributed by atoms with Gasteiger partial charge in [-0.3, -0.25) is 51.8 Å². The summed E-state index contributed by atoms with van der Waals surface area (Å²) in [4.78, 5) is 0. The molecule has 4 heterocycles. The molecule has 4 nitrogen and oxygen atoms in total. The van der Waals surface area contributed by atoms with Gasteiger partial charge in [-0.25, -0.2) is 26.4 Å². The van der Waals surface area contributed by atoms with Crippen LogP contribution in [0.2, 0.25) is 10.0 Å². The summed E-state index contributed by atoms with van der Waals surface area (Å²) in [6, 6.07) is 112. The fourth-order valence-corrected chi connectivity index (χ4v) is 13.6. The van der Waals surface area contributed by atoms with Crippen molar-refractivity contribution in [3.05, 3.63) is 406 Å². The molecular formula is C106H92B4Cl2F18O4. The van der Waals surface area contributed by atoms with Crippen LogP contribution in [0.1, 0.15) is 86.1 Å². The minimum absolute atomic E-state index is 0. The molecule has 0 spiro atoms. The standard InChI is InChI=1S/C32H35O.C26H23O.C24H17Cl2O.C24H17F2O.4BF3.4FH/c1-22-8-10-24(11-9-22)29-20-26(23-12-16-27(17-13-23)31(2,3)4)21-30(33-29)25-14-18-28(19-15-25)32(5,6)7;1-18-10-4-7-13-22(18)21-16-25(23-14-8-5-11-19(23)2)27-26(17-21)24-15-9-6-12-20(24)3;2*1-16-2-4-18(5-3-16)23-14-20(17-6-10-21(25)11-7-17)15-24(27-23)19-8-12-22(26)13-9-19;4*2-1(3)4;;;;/h8-21H,1-7H3;4-17H,1-3H3;2*2-15H,1H3;;;;;4*1H/q4*+1;;;;;;;;/p-4. The highest BCUT2D eigenvalue weighted by Crippen LogP contribution is 2.41. The zero-order chi connectivity index (χ0) is 94.5. The van der Waals surface area contributed by atoms with Gasteiger partial charge in [0.25, 0.3) is 0 Å². The van der Waals surface area contributed by atoms with E-state index in [1.807, 2.05) is 97.9 Å². The van der Waals surface area contributed by atoms with E-state index in [4.69, 9.17) is 40.9 Å². The lowest BCUT2D eigenvalue weighted by atomic mass is 9.86. The molecule has 692 valence electrons. The average molecular weight is 1890 g/mol. The van der Waals surface area contributed by atoms with Gasteiger partial charge in [-0.05, 0) is 236 Å². The third-order valence-electron chi connectivity index (χ3n) is 20.2. The number of hydrogen-bond acceptors (Lipinski definition) is 0. The number of rotatable bonds is 12. The Hall–Kier alpha value is -13.2. The smallest absolute Gasteiger partial charge is 0.762 e. The summed E-state index contributed by atoms with van der Waals surface area (Å²) < 4.78 is 168. The molecule has 0 N–H and O–H groups in total. The van der Waals surface area contributed by atoms with Crippen molar-refractivity contribution in [1.29, 1.82) is 0 Å². The molecule has 0 amide bonds. The van der Waals surface area contributed by atoms with Crippen LogP contribution in [0.3, 0.4) is 0 Å². The van der Waals surface area contributed by atoms with E-state index in [-0.39, 0.29) is 41.3 Å². The molecule has 16 aromatic rings. The first-order chi connectivity index (χ1) is 61.7. The van der Waals surface area contributed by atoms with Gasteiger partial charge in [0.05, 0.1) is 93.0 Å². The zero-order valence-electron chi connectivity index (χ0n) is 74.8. The highest BCUT2D eigenvalue weighted by Gasteiger charge is 2.28. The SMILES string of the molecule is Cc1ccc(-c2cc(-c3ccc(C(C)(C)C)cc3)cc(-c3ccc(C(C)(C)C)cc3)[o+]2)cc1.Cc1ccc(-c2cc(-c3ccc(Cl)cc3)cc(-c3ccc(Cl)cc3)[o+]2)cc1.Cc1ccc(-c2cc(-c3ccc(F)cc3)cc(-c3ccc(F)cc3)[o+]2)cc1.Cc1ccccc1-c1cc(-c2ccccc2C)[o+]c(-c2ccccc2C)c1.FB(F)F.FB(F)F.FB(F)F.FB(F)F.[F-].[F-].[F-].[F-]. The van der Waals surface area contributed by atoms with E-state index in [9.17, 15) is 60.6 Å². The first kappa shape index (κ1) is 111. The molecular weight excluding hydrogens is 1790 g/mol. The van der Waals surface area contributed by atoms with Gasteiger partial charge in [0, 0.05) is 32.3 Å². The second-order valence-corrected chi connectivity index (χ2v) is 32.9. The van der Waals surface area contributed by atoms with Crippen LogP contribution >= 0.6 is 23.2 Å². The van der Waals surface area contributed by atoms with E-state index in [0.717, 1.165) is 117 Å². The van der Waals surface area contributed by atoms with Crippen molar-refractivity contribution in [2.24, 2.45) is 0 Å². The van der Waals surface area contributed by atoms with Gasteiger partial charge in [-0.1, -0.05) is 239 Å². The Morgan fingerprint density at radius 1 is 0.209 bits per heavy atom. The Morgan fingerprint density at radius 2 is 0.388 bits per heavy atom. The molecule has 0 fully saturated rings. The minimum atomic E-state index is -3.67. The molecule has 0 aliphatic heterocycles. The predicted molar refractivity (Wildman–Crippen MR) is 510 cm³/mol. The van der Waals surface area contributed by atoms with Crippen LogP contribution in [-0.2, 0) is 10.8 Å². The Morgan fingerprint density at radius 3 is 0.627 bits per heavy atom. The van der Waals surface area contributed by atoms with Crippen molar-refractivity contribution in [2.45, 2.75) is 93.9 Å². The molecule has 12 aromatic carbocycles. The van der Waals surface area contributed by atoms with Crippen molar-refractivity contribution in [1.82, 2.24) is 0 Å². The summed E-state index contributed by atoms with van der Waals surface area (Å²) in [5, 5.41) is 1.42. The lowest BCUT2D eigenvalue weighted by molar-refractivity contribution is -0.00100. The van der Waals surface area contributed by atoms with Crippen LogP contribution in [0, 0.1) is 53.2 Å². The largest absolute Gasteiger partial charge is 1.00 e. The first-order valence-electron chi connectivity index (χ1n) is 41.0. The molecule has 0 saturated carbocycles. The molecule has 0 saturated heterocycles. The van der Waals surface area contributed by atoms with Crippen LogP contribution in [0.25, 0.3) is 135 Å². The van der Waals surface area contributed by atoms with Gasteiger partial charge >= 0.3 is 76.3 Å². The van der Waals surface area contributed by atoms with Crippen LogP contribution in [0.15, 0.2) is 357 Å². The number of hydrogen-bond donors (Lipinski definition) is 0. The van der Waals surface area contributed by atoms with Gasteiger partial charge in [-0.15, -0.1) is 0 Å². The van der Waals surface area contributed by atoms with Gasteiger partial charge < -0.3 is 18.8 Å². The average Bonchev–Trinajstić information content (AvgIpc) is 0.866. The number of halogens is 20. The molecule has 0 aliphatic carbocycles.